The Morgan fingerprint density at radius 3 is 2.56 bits per heavy atom. The van der Waals surface area contributed by atoms with Crippen molar-refractivity contribution in [3.8, 4) is 0 Å². The Balaban J connectivity index is 1.62. The number of para-hydroxylation sites is 1. The van der Waals surface area contributed by atoms with Gasteiger partial charge in [-0.25, -0.2) is 15.0 Å². The van der Waals surface area contributed by atoms with Crippen LogP contribution in [-0.2, 0) is 0 Å². The number of aryl methyl sites for hydroxylation is 1. The predicted molar refractivity (Wildman–Crippen MR) is 104 cm³/mol. The van der Waals surface area contributed by atoms with Crippen LogP contribution in [0, 0.1) is 6.92 Å². The Morgan fingerprint density at radius 2 is 1.76 bits per heavy atom. The summed E-state index contributed by atoms with van der Waals surface area (Å²) in [5, 5.41) is 7.17. The van der Waals surface area contributed by atoms with E-state index in [0.29, 0.717) is 17.3 Å². The topological polar surface area (TPSA) is 88.8 Å². The van der Waals surface area contributed by atoms with E-state index in [2.05, 4.69) is 25.6 Å². The van der Waals surface area contributed by atoms with Crippen LogP contribution in [0.5, 0.6) is 0 Å². The molecule has 4 N–H and O–H groups in total. The van der Waals surface area contributed by atoms with Gasteiger partial charge in [0.1, 0.15) is 12.0 Å². The van der Waals surface area contributed by atoms with Crippen molar-refractivity contribution < 1.29 is 0 Å². The van der Waals surface area contributed by atoms with E-state index in [1.54, 1.807) is 11.3 Å². The third kappa shape index (κ3) is 3.22. The SMILES string of the molecule is Cc1cccc(Nc2ncnc(Nc3nc4ccccc4s3)c2N)c1. The molecule has 0 aliphatic carbocycles. The summed E-state index contributed by atoms with van der Waals surface area (Å²) in [5.41, 5.74) is 9.72. The second kappa shape index (κ2) is 6.37. The molecule has 2 aromatic heterocycles. The van der Waals surface area contributed by atoms with Crippen LogP contribution < -0.4 is 16.4 Å². The average Bonchev–Trinajstić information content (AvgIpc) is 3.01. The molecule has 6 nitrogen and oxygen atoms in total. The van der Waals surface area contributed by atoms with Crippen LogP contribution in [0.2, 0.25) is 0 Å². The van der Waals surface area contributed by atoms with Crippen LogP contribution in [0.3, 0.4) is 0 Å². The van der Waals surface area contributed by atoms with Crippen molar-refractivity contribution in [3.05, 3.63) is 60.4 Å². The van der Waals surface area contributed by atoms with Crippen molar-refractivity contribution in [2.45, 2.75) is 6.92 Å². The van der Waals surface area contributed by atoms with E-state index < -0.39 is 0 Å². The highest BCUT2D eigenvalue weighted by Gasteiger charge is 2.11. The molecule has 7 heteroatoms. The van der Waals surface area contributed by atoms with Gasteiger partial charge in [-0.15, -0.1) is 0 Å². The standard InChI is InChI=1S/C18H16N6S/c1-11-5-4-6-12(9-11)22-16-15(19)17(21-10-20-16)24-18-23-13-7-2-3-8-14(13)25-18/h2-10H,19H2,1H3,(H2,20,21,22,23,24). The molecule has 0 radical (unpaired) electrons. The molecule has 2 aromatic carbocycles. The maximum atomic E-state index is 6.24. The summed E-state index contributed by atoms with van der Waals surface area (Å²) in [5.74, 6) is 1.09. The number of nitrogen functional groups attached to an aromatic ring is 1. The van der Waals surface area contributed by atoms with Gasteiger partial charge < -0.3 is 16.4 Å². The van der Waals surface area contributed by atoms with Gasteiger partial charge in [-0.1, -0.05) is 35.6 Å². The molecule has 0 saturated carbocycles. The third-order valence-electron chi connectivity index (χ3n) is 3.68. The van der Waals surface area contributed by atoms with E-state index >= 15 is 0 Å². The van der Waals surface area contributed by atoms with E-state index in [9.17, 15) is 0 Å². The minimum absolute atomic E-state index is 0.447. The van der Waals surface area contributed by atoms with E-state index in [1.807, 2.05) is 55.5 Å². The van der Waals surface area contributed by atoms with Crippen LogP contribution in [0.1, 0.15) is 5.56 Å². The fourth-order valence-corrected chi connectivity index (χ4v) is 3.35. The van der Waals surface area contributed by atoms with Crippen LogP contribution in [0.4, 0.5) is 28.1 Å². The number of aromatic nitrogens is 3. The van der Waals surface area contributed by atoms with Crippen molar-refractivity contribution in [2.24, 2.45) is 0 Å². The van der Waals surface area contributed by atoms with Gasteiger partial charge in [0.25, 0.3) is 0 Å². The molecule has 4 aromatic rings. The fourth-order valence-electron chi connectivity index (χ4n) is 2.48. The summed E-state index contributed by atoms with van der Waals surface area (Å²) >= 11 is 1.55. The Morgan fingerprint density at radius 1 is 0.960 bits per heavy atom. The lowest BCUT2D eigenvalue weighted by atomic mass is 10.2. The van der Waals surface area contributed by atoms with E-state index in [-0.39, 0.29) is 0 Å². The number of hydrogen-bond acceptors (Lipinski definition) is 7. The second-order valence-electron chi connectivity index (χ2n) is 5.59. The summed E-state index contributed by atoms with van der Waals surface area (Å²) in [7, 11) is 0. The number of nitrogens with two attached hydrogens (primary N) is 1. The molecule has 124 valence electrons. The summed E-state index contributed by atoms with van der Waals surface area (Å²) in [6, 6.07) is 16.0. The molecule has 2 heterocycles. The van der Waals surface area contributed by atoms with Gasteiger partial charge in [0.15, 0.2) is 16.8 Å². The third-order valence-corrected chi connectivity index (χ3v) is 4.64. The number of nitrogens with zero attached hydrogens (tertiary/aromatic N) is 3. The Labute approximate surface area is 148 Å². The van der Waals surface area contributed by atoms with E-state index in [4.69, 9.17) is 5.73 Å². The number of anilines is 5. The van der Waals surface area contributed by atoms with Gasteiger partial charge in [0.05, 0.1) is 10.2 Å². The first-order valence-electron chi connectivity index (χ1n) is 7.76. The smallest absolute Gasteiger partial charge is 0.189 e. The van der Waals surface area contributed by atoms with Crippen LogP contribution in [0.15, 0.2) is 54.9 Å². The molecule has 0 amide bonds. The largest absolute Gasteiger partial charge is 0.393 e. The number of fused-ring (bicyclic) bond motifs is 1. The van der Waals surface area contributed by atoms with Gasteiger partial charge in [0, 0.05) is 5.69 Å². The zero-order chi connectivity index (χ0) is 17.2. The summed E-state index contributed by atoms with van der Waals surface area (Å²) < 4.78 is 1.11. The zero-order valence-corrected chi connectivity index (χ0v) is 14.3. The normalized spacial score (nSPS) is 10.8. The van der Waals surface area contributed by atoms with Crippen molar-refractivity contribution in [2.75, 3.05) is 16.4 Å². The van der Waals surface area contributed by atoms with Crippen LogP contribution in [-0.4, -0.2) is 15.0 Å². The highest BCUT2D eigenvalue weighted by Crippen LogP contribution is 2.31. The Bertz CT molecular complexity index is 1010. The summed E-state index contributed by atoms with van der Waals surface area (Å²) in [6.45, 7) is 2.04. The van der Waals surface area contributed by atoms with Crippen LogP contribution >= 0.6 is 11.3 Å². The maximum Gasteiger partial charge on any atom is 0.189 e. The second-order valence-corrected chi connectivity index (χ2v) is 6.62. The highest BCUT2D eigenvalue weighted by atomic mass is 32.1. The first-order chi connectivity index (χ1) is 12.2. The Hall–Kier alpha value is -3.19. The number of benzene rings is 2. The van der Waals surface area contributed by atoms with Gasteiger partial charge in [-0.3, -0.25) is 0 Å². The average molecular weight is 348 g/mol. The summed E-state index contributed by atoms with van der Waals surface area (Å²) in [6.07, 6.45) is 1.48. The molecular formula is C18H16N6S. The van der Waals surface area contributed by atoms with Crippen molar-refractivity contribution in [3.63, 3.8) is 0 Å². The van der Waals surface area contributed by atoms with Crippen molar-refractivity contribution in [1.82, 2.24) is 15.0 Å². The van der Waals surface area contributed by atoms with E-state index in [1.165, 1.54) is 6.33 Å². The Kier molecular flexibility index (Phi) is 3.91. The first-order valence-corrected chi connectivity index (χ1v) is 8.57. The van der Waals surface area contributed by atoms with E-state index in [0.717, 1.165) is 26.6 Å². The number of hydrogen-bond donors (Lipinski definition) is 3. The van der Waals surface area contributed by atoms with Gasteiger partial charge >= 0.3 is 0 Å². The highest BCUT2D eigenvalue weighted by molar-refractivity contribution is 7.22. The molecule has 4 rings (SSSR count). The molecule has 0 atom stereocenters. The molecule has 0 saturated heterocycles. The minimum Gasteiger partial charge on any atom is -0.393 e. The zero-order valence-electron chi connectivity index (χ0n) is 13.5. The van der Waals surface area contributed by atoms with Crippen molar-refractivity contribution >= 4 is 49.7 Å². The van der Waals surface area contributed by atoms with Gasteiger partial charge in [-0.05, 0) is 36.8 Å². The summed E-state index contributed by atoms with van der Waals surface area (Å²) in [4.78, 5) is 13.0. The molecular weight excluding hydrogens is 332 g/mol. The molecule has 0 spiro atoms. The lowest BCUT2D eigenvalue weighted by molar-refractivity contribution is 1.17. The monoisotopic (exact) mass is 348 g/mol. The predicted octanol–water partition coefficient (Wildman–Crippen LogP) is 4.46. The number of rotatable bonds is 4. The lowest BCUT2D eigenvalue weighted by Crippen LogP contribution is -2.05. The lowest BCUT2D eigenvalue weighted by Gasteiger charge is -2.11. The molecule has 0 aliphatic rings. The van der Waals surface area contributed by atoms with Crippen LogP contribution in [0.25, 0.3) is 10.2 Å². The molecule has 0 aliphatic heterocycles. The number of nitrogens with one attached hydrogen (secondary N) is 2. The molecule has 0 unspecified atom stereocenters. The number of thiazole rings is 1. The fraction of sp³-hybridized carbons (Fsp3) is 0.0556. The molecule has 0 bridgehead atoms. The molecule has 25 heavy (non-hydrogen) atoms. The van der Waals surface area contributed by atoms with Gasteiger partial charge in [-0.2, -0.15) is 0 Å². The maximum absolute atomic E-state index is 6.24. The quantitative estimate of drug-likeness (QED) is 0.504. The minimum atomic E-state index is 0.447. The van der Waals surface area contributed by atoms with Gasteiger partial charge in [0.2, 0.25) is 0 Å². The molecule has 0 fully saturated rings. The van der Waals surface area contributed by atoms with Crippen molar-refractivity contribution in [1.29, 1.82) is 0 Å². The first kappa shape index (κ1) is 15.3.